The van der Waals surface area contributed by atoms with Crippen LogP contribution < -0.4 is 15.4 Å². The molecular weight excluding hydrogens is 380 g/mol. The Morgan fingerprint density at radius 1 is 1.00 bits per heavy atom. The SMILES string of the molecule is CC(C)C(NC(=O)c1ccccc1F)C(=O)Nc1ccc(OC(F)(F)F)cc1. The van der Waals surface area contributed by atoms with Crippen molar-refractivity contribution in [2.75, 3.05) is 5.32 Å². The maximum atomic E-state index is 13.7. The van der Waals surface area contributed by atoms with E-state index in [9.17, 15) is 27.2 Å². The molecule has 0 heterocycles. The van der Waals surface area contributed by atoms with Crippen molar-refractivity contribution < 1.29 is 31.9 Å². The van der Waals surface area contributed by atoms with Gasteiger partial charge in [-0.2, -0.15) is 0 Å². The highest BCUT2D eigenvalue weighted by Crippen LogP contribution is 2.24. The summed E-state index contributed by atoms with van der Waals surface area (Å²) in [6.45, 7) is 3.37. The molecule has 2 rings (SSSR count). The second-order valence-electron chi connectivity index (χ2n) is 6.24. The molecule has 0 aromatic heterocycles. The molecule has 1 unspecified atom stereocenters. The van der Waals surface area contributed by atoms with Crippen molar-refractivity contribution in [2.45, 2.75) is 26.3 Å². The van der Waals surface area contributed by atoms with Crippen molar-refractivity contribution in [3.63, 3.8) is 0 Å². The van der Waals surface area contributed by atoms with Gasteiger partial charge in [-0.05, 0) is 42.3 Å². The first kappa shape index (κ1) is 21.2. The Labute approximate surface area is 158 Å². The maximum absolute atomic E-state index is 13.7. The first-order valence-corrected chi connectivity index (χ1v) is 8.29. The lowest BCUT2D eigenvalue weighted by atomic mass is 10.0. The van der Waals surface area contributed by atoms with Gasteiger partial charge in [0.25, 0.3) is 5.91 Å². The summed E-state index contributed by atoms with van der Waals surface area (Å²) in [4.78, 5) is 24.7. The zero-order valence-electron chi connectivity index (χ0n) is 15.0. The highest BCUT2D eigenvalue weighted by atomic mass is 19.4. The van der Waals surface area contributed by atoms with Crippen LogP contribution in [0.4, 0.5) is 23.2 Å². The summed E-state index contributed by atoms with van der Waals surface area (Å²) < 4.78 is 54.0. The van der Waals surface area contributed by atoms with E-state index in [1.54, 1.807) is 13.8 Å². The number of carbonyl (C=O) groups excluding carboxylic acids is 2. The zero-order valence-corrected chi connectivity index (χ0v) is 15.0. The third-order valence-electron chi connectivity index (χ3n) is 3.71. The monoisotopic (exact) mass is 398 g/mol. The van der Waals surface area contributed by atoms with Gasteiger partial charge in [-0.1, -0.05) is 26.0 Å². The van der Waals surface area contributed by atoms with Crippen LogP contribution >= 0.6 is 0 Å². The molecule has 0 aliphatic carbocycles. The first-order valence-electron chi connectivity index (χ1n) is 8.29. The highest BCUT2D eigenvalue weighted by Gasteiger charge is 2.31. The molecule has 2 amide bonds. The number of carbonyl (C=O) groups is 2. The average Bonchev–Trinajstić information content (AvgIpc) is 2.60. The van der Waals surface area contributed by atoms with E-state index in [1.165, 1.54) is 30.3 Å². The molecule has 28 heavy (non-hydrogen) atoms. The number of ether oxygens (including phenoxy) is 1. The number of hydrogen-bond donors (Lipinski definition) is 2. The molecule has 5 nitrogen and oxygen atoms in total. The number of benzene rings is 2. The molecule has 0 saturated carbocycles. The molecule has 0 radical (unpaired) electrons. The van der Waals surface area contributed by atoms with Crippen LogP contribution in [0.1, 0.15) is 24.2 Å². The van der Waals surface area contributed by atoms with Crippen LogP contribution in [-0.2, 0) is 4.79 Å². The van der Waals surface area contributed by atoms with Crippen molar-refractivity contribution in [3.05, 3.63) is 59.9 Å². The van der Waals surface area contributed by atoms with Gasteiger partial charge in [-0.25, -0.2) is 4.39 Å². The summed E-state index contributed by atoms with van der Waals surface area (Å²) >= 11 is 0. The second-order valence-corrected chi connectivity index (χ2v) is 6.24. The predicted molar refractivity (Wildman–Crippen MR) is 94.2 cm³/mol. The van der Waals surface area contributed by atoms with Gasteiger partial charge >= 0.3 is 6.36 Å². The largest absolute Gasteiger partial charge is 0.573 e. The predicted octanol–water partition coefficient (Wildman–Crippen LogP) is 4.12. The molecule has 1 atom stereocenters. The van der Waals surface area contributed by atoms with Gasteiger partial charge in [0, 0.05) is 5.69 Å². The van der Waals surface area contributed by atoms with Crippen LogP contribution in [0, 0.1) is 11.7 Å². The molecule has 2 aromatic rings. The van der Waals surface area contributed by atoms with E-state index in [1.807, 2.05) is 0 Å². The molecule has 9 heteroatoms. The average molecular weight is 398 g/mol. The minimum absolute atomic E-state index is 0.199. The molecule has 0 bridgehead atoms. The molecule has 2 aromatic carbocycles. The van der Waals surface area contributed by atoms with E-state index in [0.29, 0.717) is 0 Å². The summed E-state index contributed by atoms with van der Waals surface area (Å²) in [5.41, 5.74) is 0.0138. The topological polar surface area (TPSA) is 67.4 Å². The number of anilines is 1. The van der Waals surface area contributed by atoms with E-state index in [-0.39, 0.29) is 17.2 Å². The number of alkyl halides is 3. The zero-order chi connectivity index (χ0) is 20.9. The summed E-state index contributed by atoms with van der Waals surface area (Å²) in [6.07, 6.45) is -4.81. The van der Waals surface area contributed by atoms with E-state index >= 15 is 0 Å². The van der Waals surface area contributed by atoms with Crippen LogP contribution in [0.5, 0.6) is 5.75 Å². The minimum Gasteiger partial charge on any atom is -0.406 e. The molecule has 0 aliphatic rings. The third kappa shape index (κ3) is 5.97. The van der Waals surface area contributed by atoms with Crippen LogP contribution in [0.3, 0.4) is 0 Å². The maximum Gasteiger partial charge on any atom is 0.573 e. The summed E-state index contributed by atoms with van der Waals surface area (Å²) in [6, 6.07) is 8.92. The number of rotatable bonds is 6. The fourth-order valence-electron chi connectivity index (χ4n) is 2.36. The van der Waals surface area contributed by atoms with Crippen molar-refractivity contribution in [1.82, 2.24) is 5.32 Å². The van der Waals surface area contributed by atoms with Gasteiger partial charge in [0.1, 0.15) is 17.6 Å². The lowest BCUT2D eigenvalue weighted by Crippen LogP contribution is -2.47. The molecule has 0 saturated heterocycles. The molecule has 0 spiro atoms. The van der Waals surface area contributed by atoms with Crippen molar-refractivity contribution in [1.29, 1.82) is 0 Å². The lowest BCUT2D eigenvalue weighted by molar-refractivity contribution is -0.274. The lowest BCUT2D eigenvalue weighted by Gasteiger charge is -2.22. The summed E-state index contributed by atoms with van der Waals surface area (Å²) in [5.74, 6) is -2.82. The van der Waals surface area contributed by atoms with Gasteiger partial charge < -0.3 is 15.4 Å². The Bertz CT molecular complexity index is 836. The standard InChI is InChI=1S/C19H18F4N2O3/c1-11(2)16(25-17(26)14-5-3-4-6-15(14)20)18(27)24-12-7-9-13(10-8-12)28-19(21,22)23/h3-11,16H,1-2H3,(H,24,27)(H,25,26). The van der Waals surface area contributed by atoms with E-state index < -0.39 is 35.8 Å². The van der Waals surface area contributed by atoms with Gasteiger partial charge in [0.05, 0.1) is 5.56 Å². The Hall–Kier alpha value is -3.10. The van der Waals surface area contributed by atoms with Crippen molar-refractivity contribution >= 4 is 17.5 Å². The Balaban J connectivity index is 2.07. The quantitative estimate of drug-likeness (QED) is 0.720. The second kappa shape index (κ2) is 8.73. The van der Waals surface area contributed by atoms with Crippen LogP contribution in [-0.4, -0.2) is 24.2 Å². The first-order chi connectivity index (χ1) is 13.1. The third-order valence-corrected chi connectivity index (χ3v) is 3.71. The summed E-state index contributed by atoms with van der Waals surface area (Å²) in [7, 11) is 0. The van der Waals surface area contributed by atoms with Crippen LogP contribution in [0.25, 0.3) is 0 Å². The fourth-order valence-corrected chi connectivity index (χ4v) is 2.36. The van der Waals surface area contributed by atoms with Gasteiger partial charge in [0.2, 0.25) is 5.91 Å². The number of amides is 2. The van der Waals surface area contributed by atoms with Crippen LogP contribution in [0.2, 0.25) is 0 Å². The Morgan fingerprint density at radius 2 is 1.61 bits per heavy atom. The Kier molecular flexibility index (Phi) is 6.61. The normalized spacial score (nSPS) is 12.4. The molecular formula is C19H18F4N2O3. The molecule has 2 N–H and O–H groups in total. The number of nitrogens with one attached hydrogen (secondary N) is 2. The van der Waals surface area contributed by atoms with Gasteiger partial charge in [-0.15, -0.1) is 13.2 Å². The number of hydrogen-bond acceptors (Lipinski definition) is 3. The molecule has 0 fully saturated rings. The molecule has 150 valence electrons. The molecule has 0 aliphatic heterocycles. The van der Waals surface area contributed by atoms with Crippen molar-refractivity contribution in [3.8, 4) is 5.75 Å². The smallest absolute Gasteiger partial charge is 0.406 e. The van der Waals surface area contributed by atoms with E-state index in [4.69, 9.17) is 0 Å². The van der Waals surface area contributed by atoms with Crippen LogP contribution in [0.15, 0.2) is 48.5 Å². The minimum atomic E-state index is -4.81. The van der Waals surface area contributed by atoms with Gasteiger partial charge in [-0.3, -0.25) is 9.59 Å². The van der Waals surface area contributed by atoms with Gasteiger partial charge in [0.15, 0.2) is 0 Å². The summed E-state index contributed by atoms with van der Waals surface area (Å²) in [5, 5.41) is 4.97. The Morgan fingerprint density at radius 3 is 2.14 bits per heavy atom. The highest BCUT2D eigenvalue weighted by molar-refractivity contribution is 6.01. The number of halogens is 4. The van der Waals surface area contributed by atoms with E-state index in [0.717, 1.165) is 18.2 Å². The van der Waals surface area contributed by atoms with E-state index in [2.05, 4.69) is 15.4 Å². The van der Waals surface area contributed by atoms with Crippen molar-refractivity contribution in [2.24, 2.45) is 5.92 Å². The fraction of sp³-hybridized carbons (Fsp3) is 0.263.